The monoisotopic (exact) mass is 486 g/mol. The molecule has 0 radical (unpaired) electrons. The molecule has 1 aromatic heterocycles. The summed E-state index contributed by atoms with van der Waals surface area (Å²) in [5.74, 6) is -1.31. The van der Waals surface area contributed by atoms with E-state index < -0.39 is 21.7 Å². The Kier molecular flexibility index (Phi) is 7.40. The van der Waals surface area contributed by atoms with Crippen LogP contribution in [0.4, 0.5) is 4.39 Å². The van der Waals surface area contributed by atoms with Gasteiger partial charge in [0.15, 0.2) is 0 Å². The number of nitrogens with one attached hydrogen (secondary N) is 1. The third-order valence-corrected chi connectivity index (χ3v) is 7.66. The number of ether oxygens (including phenoxy) is 1. The lowest BCUT2D eigenvalue weighted by Crippen LogP contribution is -2.40. The molecule has 2 heterocycles. The molecule has 1 N–H and O–H groups in total. The van der Waals surface area contributed by atoms with Gasteiger partial charge >= 0.3 is 0 Å². The molecule has 3 aromatic rings. The molecule has 1 amide bonds. The lowest BCUT2D eigenvalue weighted by Gasteiger charge is -2.26. The molecule has 34 heavy (non-hydrogen) atoms. The summed E-state index contributed by atoms with van der Waals surface area (Å²) in [5, 5.41) is 7.34. The van der Waals surface area contributed by atoms with Crippen molar-refractivity contribution in [3.05, 3.63) is 71.7 Å². The summed E-state index contributed by atoms with van der Waals surface area (Å²) in [6.45, 7) is 1.43. The molecule has 4 rings (SSSR count). The van der Waals surface area contributed by atoms with Crippen LogP contribution in [0.5, 0.6) is 0 Å². The van der Waals surface area contributed by atoms with Crippen molar-refractivity contribution in [1.82, 2.24) is 19.4 Å². The Morgan fingerprint density at radius 1 is 1.15 bits per heavy atom. The zero-order valence-electron chi connectivity index (χ0n) is 18.9. The maximum atomic E-state index is 14.5. The fraction of sp³-hybridized carbons (Fsp3) is 0.333. The first-order chi connectivity index (χ1) is 16.4. The van der Waals surface area contributed by atoms with Crippen LogP contribution in [0.25, 0.3) is 11.3 Å². The van der Waals surface area contributed by atoms with Gasteiger partial charge in [-0.05, 0) is 37.1 Å². The molecule has 0 atom stereocenters. The van der Waals surface area contributed by atoms with Crippen molar-refractivity contribution < 1.29 is 22.3 Å². The fourth-order valence-corrected chi connectivity index (χ4v) is 5.26. The van der Waals surface area contributed by atoms with Gasteiger partial charge in [0.2, 0.25) is 10.0 Å². The zero-order valence-corrected chi connectivity index (χ0v) is 19.7. The number of H-pyrrole nitrogens is 1. The number of benzene rings is 2. The molecule has 10 heteroatoms. The van der Waals surface area contributed by atoms with Crippen molar-refractivity contribution in [2.75, 3.05) is 39.9 Å². The van der Waals surface area contributed by atoms with Crippen LogP contribution >= 0.6 is 0 Å². The number of nitrogens with zero attached hydrogens (tertiary/aromatic N) is 3. The largest absolute Gasteiger partial charge is 0.379 e. The predicted octanol–water partition coefficient (Wildman–Crippen LogP) is 2.94. The summed E-state index contributed by atoms with van der Waals surface area (Å²) < 4.78 is 46.7. The standard InChI is InChI=1S/C24H27FN4O4S/c1-28(11-5-8-19-16-23(27-26-19)18-6-3-2-4-7-18)24(30)21-17-20(9-10-22(21)25)34(31,32)29-12-14-33-15-13-29/h2-4,6-7,9-10,16-17H,5,8,11-15H2,1H3,(H,26,27). The van der Waals surface area contributed by atoms with Crippen molar-refractivity contribution in [3.8, 4) is 11.3 Å². The van der Waals surface area contributed by atoms with Crippen LogP contribution in [0.2, 0.25) is 0 Å². The van der Waals surface area contributed by atoms with Crippen LogP contribution < -0.4 is 0 Å². The number of aromatic amines is 1. The second-order valence-corrected chi connectivity index (χ2v) is 10.1. The summed E-state index contributed by atoms with van der Waals surface area (Å²) in [6.07, 6.45) is 1.29. The molecule has 0 unspecified atom stereocenters. The molecular formula is C24H27FN4O4S. The molecule has 0 saturated carbocycles. The maximum Gasteiger partial charge on any atom is 0.256 e. The Labute approximate surface area is 198 Å². The Morgan fingerprint density at radius 2 is 1.88 bits per heavy atom. The first-order valence-electron chi connectivity index (χ1n) is 11.1. The Morgan fingerprint density at radius 3 is 2.62 bits per heavy atom. The van der Waals surface area contributed by atoms with Gasteiger partial charge in [-0.1, -0.05) is 30.3 Å². The molecule has 0 bridgehead atoms. The average molecular weight is 487 g/mol. The van der Waals surface area contributed by atoms with Crippen LogP contribution in [0.15, 0.2) is 59.5 Å². The van der Waals surface area contributed by atoms with Gasteiger partial charge in [0.25, 0.3) is 5.91 Å². The highest BCUT2D eigenvalue weighted by atomic mass is 32.2. The fourth-order valence-electron chi connectivity index (χ4n) is 3.83. The van der Waals surface area contributed by atoms with Crippen molar-refractivity contribution in [3.63, 3.8) is 0 Å². The van der Waals surface area contributed by atoms with Crippen LogP contribution in [0, 0.1) is 5.82 Å². The van der Waals surface area contributed by atoms with Gasteiger partial charge in [-0.25, -0.2) is 12.8 Å². The van der Waals surface area contributed by atoms with E-state index in [1.54, 1.807) is 7.05 Å². The van der Waals surface area contributed by atoms with E-state index in [2.05, 4.69) is 10.2 Å². The summed E-state index contributed by atoms with van der Waals surface area (Å²) in [5.41, 5.74) is 2.54. The number of carbonyl (C=O) groups is 1. The van der Waals surface area contributed by atoms with Gasteiger partial charge < -0.3 is 9.64 Å². The highest BCUT2D eigenvalue weighted by Gasteiger charge is 2.28. The summed E-state index contributed by atoms with van der Waals surface area (Å²) in [6, 6.07) is 15.1. The van der Waals surface area contributed by atoms with Crippen LogP contribution in [0.3, 0.4) is 0 Å². The second kappa shape index (κ2) is 10.5. The van der Waals surface area contributed by atoms with Crippen molar-refractivity contribution in [1.29, 1.82) is 0 Å². The number of aryl methyl sites for hydroxylation is 1. The number of halogens is 1. The van der Waals surface area contributed by atoms with E-state index in [9.17, 15) is 17.6 Å². The van der Waals surface area contributed by atoms with Crippen molar-refractivity contribution in [2.45, 2.75) is 17.7 Å². The number of morpholine rings is 1. The highest BCUT2D eigenvalue weighted by molar-refractivity contribution is 7.89. The van der Waals surface area contributed by atoms with E-state index in [0.717, 1.165) is 29.1 Å². The zero-order chi connectivity index (χ0) is 24.1. The summed E-state index contributed by atoms with van der Waals surface area (Å²) in [4.78, 5) is 14.2. The highest BCUT2D eigenvalue weighted by Crippen LogP contribution is 2.22. The number of hydrogen-bond acceptors (Lipinski definition) is 5. The number of sulfonamides is 1. The topological polar surface area (TPSA) is 95.6 Å². The number of hydrogen-bond donors (Lipinski definition) is 1. The van der Waals surface area contributed by atoms with Gasteiger partial charge in [0, 0.05) is 37.9 Å². The molecule has 180 valence electrons. The molecule has 1 saturated heterocycles. The average Bonchev–Trinajstić information content (AvgIpc) is 3.34. The maximum absolute atomic E-state index is 14.5. The lowest BCUT2D eigenvalue weighted by molar-refractivity contribution is 0.0730. The van der Waals surface area contributed by atoms with Crippen LogP contribution in [-0.4, -0.2) is 73.6 Å². The molecule has 1 aliphatic heterocycles. The first kappa shape index (κ1) is 24.1. The number of carbonyl (C=O) groups excluding carboxylic acids is 1. The molecule has 0 spiro atoms. The first-order valence-corrected chi connectivity index (χ1v) is 12.5. The van der Waals surface area contributed by atoms with Gasteiger partial charge in [-0.3, -0.25) is 9.89 Å². The van der Waals surface area contributed by atoms with Crippen LogP contribution in [-0.2, 0) is 21.2 Å². The lowest BCUT2D eigenvalue weighted by atomic mass is 10.1. The molecular weight excluding hydrogens is 459 g/mol. The minimum atomic E-state index is -3.83. The molecule has 8 nitrogen and oxygen atoms in total. The van der Waals surface area contributed by atoms with E-state index >= 15 is 0 Å². The van der Waals surface area contributed by atoms with E-state index in [4.69, 9.17) is 4.74 Å². The normalized spacial score (nSPS) is 14.8. The number of amides is 1. The van der Waals surface area contributed by atoms with Gasteiger partial charge in [-0.2, -0.15) is 9.40 Å². The van der Waals surface area contributed by atoms with E-state index in [1.807, 2.05) is 36.4 Å². The third-order valence-electron chi connectivity index (χ3n) is 5.76. The van der Waals surface area contributed by atoms with E-state index in [-0.39, 0.29) is 23.5 Å². The minimum Gasteiger partial charge on any atom is -0.379 e. The molecule has 2 aromatic carbocycles. The Hall–Kier alpha value is -3.08. The van der Waals surface area contributed by atoms with Crippen molar-refractivity contribution >= 4 is 15.9 Å². The van der Waals surface area contributed by atoms with E-state index in [0.29, 0.717) is 32.6 Å². The van der Waals surface area contributed by atoms with Gasteiger partial charge in [0.05, 0.1) is 29.4 Å². The third kappa shape index (κ3) is 5.35. The minimum absolute atomic E-state index is 0.0987. The van der Waals surface area contributed by atoms with Crippen molar-refractivity contribution in [2.24, 2.45) is 0 Å². The predicted molar refractivity (Wildman–Crippen MR) is 125 cm³/mol. The quantitative estimate of drug-likeness (QED) is 0.528. The molecule has 1 fully saturated rings. The Bertz CT molecular complexity index is 1240. The smallest absolute Gasteiger partial charge is 0.256 e. The van der Waals surface area contributed by atoms with Gasteiger partial charge in [0.1, 0.15) is 5.82 Å². The van der Waals surface area contributed by atoms with Crippen LogP contribution in [0.1, 0.15) is 22.5 Å². The number of rotatable bonds is 8. The second-order valence-electron chi connectivity index (χ2n) is 8.13. The Balaban J connectivity index is 1.39. The summed E-state index contributed by atoms with van der Waals surface area (Å²) in [7, 11) is -2.25. The van der Waals surface area contributed by atoms with E-state index in [1.165, 1.54) is 15.3 Å². The molecule has 1 aliphatic rings. The molecule has 0 aliphatic carbocycles. The van der Waals surface area contributed by atoms with Gasteiger partial charge in [-0.15, -0.1) is 0 Å². The number of aromatic nitrogens is 2. The summed E-state index contributed by atoms with van der Waals surface area (Å²) >= 11 is 0. The SMILES string of the molecule is CN(CCCc1cc(-c2ccccc2)n[nH]1)C(=O)c1cc(S(=O)(=O)N2CCOCC2)ccc1F.